The third-order valence-corrected chi connectivity index (χ3v) is 3.10. The van der Waals surface area contributed by atoms with Crippen molar-refractivity contribution >= 4 is 24.3 Å². The lowest BCUT2D eigenvalue weighted by Gasteiger charge is -2.11. The van der Waals surface area contributed by atoms with Crippen molar-refractivity contribution in [2.75, 3.05) is 32.9 Å². The quantitative estimate of drug-likeness (QED) is 0.139. The summed E-state index contributed by atoms with van der Waals surface area (Å²) in [6.07, 6.45) is 3.17. The molecule has 0 radical (unpaired) electrons. The molecule has 11 nitrogen and oxygen atoms in total. The minimum atomic E-state index is -0.967. The highest BCUT2D eigenvalue weighted by atomic mass is 16.6. The van der Waals surface area contributed by atoms with Gasteiger partial charge in [0.25, 0.3) is 0 Å². The first-order valence-electron chi connectivity index (χ1n) is 8.69. The molecule has 0 aliphatic carbocycles. The molecule has 0 aromatic carbocycles. The number of amides is 2. The van der Waals surface area contributed by atoms with Crippen LogP contribution in [0.4, 0.5) is 9.59 Å². The number of imide groups is 1. The monoisotopic (exact) mass is 398 g/mol. The molecule has 1 unspecified atom stereocenters. The van der Waals surface area contributed by atoms with Crippen molar-refractivity contribution in [3.05, 3.63) is 12.2 Å². The number of nitrogens with one attached hydrogen (secondary N) is 2. The summed E-state index contributed by atoms with van der Waals surface area (Å²) >= 11 is 0. The number of carbonyl (C=O) groups excluding carboxylic acids is 4. The van der Waals surface area contributed by atoms with E-state index in [1.165, 1.54) is 12.2 Å². The summed E-state index contributed by atoms with van der Waals surface area (Å²) in [5, 5.41) is 1.90. The van der Waals surface area contributed by atoms with E-state index in [2.05, 4.69) is 22.0 Å². The van der Waals surface area contributed by atoms with Crippen molar-refractivity contribution in [2.45, 2.75) is 38.6 Å². The van der Waals surface area contributed by atoms with E-state index < -0.39 is 12.2 Å². The van der Waals surface area contributed by atoms with Gasteiger partial charge >= 0.3 is 12.2 Å². The highest BCUT2D eigenvalue weighted by molar-refractivity contribution is 5.87. The predicted octanol–water partition coefficient (Wildman–Crippen LogP) is 1.55. The first-order valence-corrected chi connectivity index (χ1v) is 8.69. The van der Waals surface area contributed by atoms with Gasteiger partial charge in [0.2, 0.25) is 12.2 Å². The Bertz CT molecular complexity index is 584. The zero-order chi connectivity index (χ0) is 21.0. The minimum absolute atomic E-state index is 0.0143. The molecule has 2 N–H and O–H groups in total. The molecule has 0 aromatic rings. The Morgan fingerprint density at radius 3 is 2.43 bits per heavy atom. The van der Waals surface area contributed by atoms with E-state index in [1.54, 1.807) is 6.92 Å². The molecule has 28 heavy (non-hydrogen) atoms. The second-order valence-electron chi connectivity index (χ2n) is 5.67. The lowest BCUT2D eigenvalue weighted by Crippen LogP contribution is -2.33. The molecule has 0 aliphatic heterocycles. The number of hydroxylamine groups is 1. The maximum Gasteiger partial charge on any atom is 0.416 e. The summed E-state index contributed by atoms with van der Waals surface area (Å²) in [5.41, 5.74) is 3.40. The highest BCUT2D eigenvalue weighted by Crippen LogP contribution is 2.09. The fourth-order valence-electron chi connectivity index (χ4n) is 1.84. The summed E-state index contributed by atoms with van der Waals surface area (Å²) < 4.78 is 9.59. The highest BCUT2D eigenvalue weighted by Gasteiger charge is 2.12. The lowest BCUT2D eigenvalue weighted by atomic mass is 10.1. The smallest absolute Gasteiger partial charge is 0.416 e. The fraction of sp³-hybridized carbons (Fsp3) is 0.647. The van der Waals surface area contributed by atoms with Crippen LogP contribution in [0, 0.1) is 0 Å². The summed E-state index contributed by atoms with van der Waals surface area (Å²) in [6, 6.07) is -0.372. The second-order valence-corrected chi connectivity index (χ2v) is 5.67. The van der Waals surface area contributed by atoms with Crippen molar-refractivity contribution in [1.82, 2.24) is 10.8 Å². The normalized spacial score (nSPS) is 10.8. The van der Waals surface area contributed by atoms with E-state index in [4.69, 9.17) is 14.3 Å². The van der Waals surface area contributed by atoms with Crippen molar-refractivity contribution in [3.63, 3.8) is 0 Å². The van der Waals surface area contributed by atoms with Crippen LogP contribution in [0.1, 0.15) is 32.6 Å². The van der Waals surface area contributed by atoms with Crippen LogP contribution in [0.5, 0.6) is 0 Å². The third-order valence-electron chi connectivity index (χ3n) is 3.10. The molecule has 0 heterocycles. The van der Waals surface area contributed by atoms with Gasteiger partial charge in [-0.15, -0.1) is 0 Å². The fourth-order valence-corrected chi connectivity index (χ4v) is 1.84. The standard InChI is InChI=1S/C17H26N4O7/c1-14(2)11-28-20-8-10-27-17(25)21-16(24)26-9-6-15(19-13-23)5-3-4-7-18-12-22/h15,20H,1,3-11H2,2H3,(H,21,24,25). The van der Waals surface area contributed by atoms with Gasteiger partial charge in [0.05, 0.1) is 32.3 Å². The molecule has 0 aliphatic rings. The Labute approximate surface area is 163 Å². The molecular weight excluding hydrogens is 372 g/mol. The number of rotatable bonds is 15. The van der Waals surface area contributed by atoms with E-state index in [1.807, 2.05) is 5.32 Å². The van der Waals surface area contributed by atoms with Gasteiger partial charge in [-0.3, -0.25) is 4.84 Å². The molecule has 156 valence electrons. The van der Waals surface area contributed by atoms with Crippen LogP contribution < -0.4 is 10.8 Å². The van der Waals surface area contributed by atoms with Crippen molar-refractivity contribution in [2.24, 2.45) is 9.98 Å². The lowest BCUT2D eigenvalue weighted by molar-refractivity contribution is 0.0432. The first kappa shape index (κ1) is 25.2. The van der Waals surface area contributed by atoms with Crippen LogP contribution in [0.2, 0.25) is 0 Å². The number of hydrogen-bond acceptors (Lipinski definition) is 10. The first-order chi connectivity index (χ1) is 13.5. The molecule has 0 saturated heterocycles. The van der Waals surface area contributed by atoms with Gasteiger partial charge in [-0.2, -0.15) is 5.48 Å². The zero-order valence-electron chi connectivity index (χ0n) is 15.9. The molecular formula is C17H26N4O7. The van der Waals surface area contributed by atoms with Gasteiger partial charge in [0.15, 0.2) is 0 Å². The van der Waals surface area contributed by atoms with Gasteiger partial charge in [0.1, 0.15) is 6.61 Å². The molecule has 0 aromatic heterocycles. The van der Waals surface area contributed by atoms with Crippen LogP contribution in [-0.2, 0) is 23.9 Å². The Kier molecular flexibility index (Phi) is 15.8. The van der Waals surface area contributed by atoms with Crippen LogP contribution in [0.25, 0.3) is 0 Å². The number of hydrogen-bond donors (Lipinski definition) is 2. The Hall–Kier alpha value is -2.84. The average Bonchev–Trinajstić information content (AvgIpc) is 2.64. The molecule has 11 heteroatoms. The van der Waals surface area contributed by atoms with Crippen molar-refractivity contribution in [1.29, 1.82) is 0 Å². The van der Waals surface area contributed by atoms with Gasteiger partial charge in [-0.1, -0.05) is 12.2 Å². The summed E-state index contributed by atoms with van der Waals surface area (Å²) in [7, 11) is 0. The Morgan fingerprint density at radius 1 is 1.07 bits per heavy atom. The molecule has 0 fully saturated rings. The maximum absolute atomic E-state index is 11.5. The molecule has 2 amide bonds. The molecule has 0 rings (SSSR count). The van der Waals surface area contributed by atoms with E-state index in [-0.39, 0.29) is 25.8 Å². The zero-order valence-corrected chi connectivity index (χ0v) is 15.9. The van der Waals surface area contributed by atoms with Crippen LogP contribution in [0.3, 0.4) is 0 Å². The summed E-state index contributed by atoms with van der Waals surface area (Å²) in [5.74, 6) is 0. The van der Waals surface area contributed by atoms with Crippen molar-refractivity contribution < 1.29 is 33.5 Å². The van der Waals surface area contributed by atoms with Crippen LogP contribution >= 0.6 is 0 Å². The Morgan fingerprint density at radius 2 is 1.79 bits per heavy atom. The molecule has 0 spiro atoms. The van der Waals surface area contributed by atoms with E-state index >= 15 is 0 Å². The number of nitrogens with zero attached hydrogens (tertiary/aromatic N) is 2. The van der Waals surface area contributed by atoms with E-state index in [9.17, 15) is 19.2 Å². The second kappa shape index (κ2) is 17.6. The number of alkyl carbamates (subject to hydrolysis) is 2. The number of carbonyl (C=O) groups is 2. The van der Waals surface area contributed by atoms with Gasteiger partial charge in [0, 0.05) is 6.42 Å². The van der Waals surface area contributed by atoms with E-state index in [0.717, 1.165) is 5.57 Å². The number of unbranched alkanes of at least 4 members (excludes halogenated alkanes) is 1. The number of aliphatic imine (C=N–C) groups is 2. The molecule has 1 atom stereocenters. The van der Waals surface area contributed by atoms with Crippen LogP contribution in [0.15, 0.2) is 22.1 Å². The number of isocyanates is 2. The average molecular weight is 398 g/mol. The van der Waals surface area contributed by atoms with Crippen molar-refractivity contribution in [3.8, 4) is 0 Å². The molecule has 0 saturated carbocycles. The predicted molar refractivity (Wildman–Crippen MR) is 98.0 cm³/mol. The maximum atomic E-state index is 11.5. The third kappa shape index (κ3) is 16.6. The SMILES string of the molecule is C=C(C)CONCCOC(=O)NC(=O)OCCC(CCCCN=C=O)N=C=O. The summed E-state index contributed by atoms with van der Waals surface area (Å²) in [6.45, 7) is 6.32. The topological polar surface area (TPSA) is 145 Å². The van der Waals surface area contributed by atoms with Gasteiger partial charge < -0.3 is 9.47 Å². The summed E-state index contributed by atoms with van der Waals surface area (Å²) in [4.78, 5) is 55.3. The van der Waals surface area contributed by atoms with Gasteiger partial charge in [-0.05, 0) is 26.2 Å². The Balaban J connectivity index is 3.86. The van der Waals surface area contributed by atoms with E-state index in [0.29, 0.717) is 38.8 Å². The van der Waals surface area contributed by atoms with Crippen LogP contribution in [-0.4, -0.2) is 63.3 Å². The van der Waals surface area contributed by atoms with Gasteiger partial charge in [-0.25, -0.2) is 34.5 Å². The number of ether oxygens (including phenoxy) is 2. The minimum Gasteiger partial charge on any atom is -0.449 e. The molecule has 0 bridgehead atoms. The largest absolute Gasteiger partial charge is 0.449 e.